The van der Waals surface area contributed by atoms with Crippen LogP contribution in [0.25, 0.3) is 0 Å². The van der Waals surface area contributed by atoms with Crippen LogP contribution in [0.1, 0.15) is 49.1 Å². The highest BCUT2D eigenvalue weighted by molar-refractivity contribution is 5.48. The molecule has 0 bridgehead atoms. The SMILES string of the molecule is N#Cc1cnc(C2(c3ccccc3)CCCCC2)nc1N. The lowest BCUT2D eigenvalue weighted by molar-refractivity contribution is 0.330. The van der Waals surface area contributed by atoms with Gasteiger partial charge < -0.3 is 5.73 Å². The molecule has 1 aliphatic carbocycles. The normalized spacial score (nSPS) is 17.1. The fourth-order valence-corrected chi connectivity index (χ4v) is 3.27. The molecule has 1 heterocycles. The van der Waals surface area contributed by atoms with E-state index in [1.807, 2.05) is 12.1 Å². The summed E-state index contributed by atoms with van der Waals surface area (Å²) >= 11 is 0. The summed E-state index contributed by atoms with van der Waals surface area (Å²) < 4.78 is 0. The number of nitrogens with zero attached hydrogens (tertiary/aromatic N) is 3. The third-order valence-corrected chi connectivity index (χ3v) is 4.40. The predicted octanol–water partition coefficient (Wildman–Crippen LogP) is 3.18. The van der Waals surface area contributed by atoms with E-state index in [-0.39, 0.29) is 11.2 Å². The summed E-state index contributed by atoms with van der Waals surface area (Å²) in [5, 5.41) is 8.99. The van der Waals surface area contributed by atoms with Gasteiger partial charge in [0, 0.05) is 0 Å². The van der Waals surface area contributed by atoms with Crippen molar-refractivity contribution in [1.29, 1.82) is 5.26 Å². The van der Waals surface area contributed by atoms with Crippen LogP contribution in [-0.4, -0.2) is 9.97 Å². The summed E-state index contributed by atoms with van der Waals surface area (Å²) in [5.74, 6) is 1.04. The van der Waals surface area contributed by atoms with Crippen LogP contribution in [0, 0.1) is 11.3 Å². The fraction of sp³-hybridized carbons (Fsp3) is 0.353. The van der Waals surface area contributed by atoms with Crippen LogP contribution in [0.3, 0.4) is 0 Å². The number of rotatable bonds is 2. The Morgan fingerprint density at radius 1 is 1.10 bits per heavy atom. The van der Waals surface area contributed by atoms with Crippen LogP contribution in [-0.2, 0) is 5.41 Å². The molecule has 1 aliphatic rings. The molecule has 1 saturated carbocycles. The highest BCUT2D eigenvalue weighted by Gasteiger charge is 2.38. The Morgan fingerprint density at radius 2 is 1.81 bits per heavy atom. The maximum atomic E-state index is 8.99. The second-order valence-corrected chi connectivity index (χ2v) is 5.61. The van der Waals surface area contributed by atoms with E-state index in [9.17, 15) is 0 Å². The van der Waals surface area contributed by atoms with Crippen molar-refractivity contribution in [1.82, 2.24) is 9.97 Å². The molecule has 3 rings (SSSR count). The van der Waals surface area contributed by atoms with Gasteiger partial charge >= 0.3 is 0 Å². The molecule has 4 heteroatoms. The zero-order valence-electron chi connectivity index (χ0n) is 11.9. The second kappa shape index (κ2) is 5.53. The van der Waals surface area contributed by atoms with E-state index in [4.69, 9.17) is 11.0 Å². The Kier molecular flexibility index (Phi) is 3.57. The molecule has 106 valence electrons. The van der Waals surface area contributed by atoms with E-state index >= 15 is 0 Å². The highest BCUT2D eigenvalue weighted by atomic mass is 15.0. The van der Waals surface area contributed by atoms with Gasteiger partial charge in [-0.25, -0.2) is 9.97 Å². The first-order chi connectivity index (χ1) is 10.3. The van der Waals surface area contributed by atoms with Crippen LogP contribution < -0.4 is 5.73 Å². The lowest BCUT2D eigenvalue weighted by Gasteiger charge is -2.36. The second-order valence-electron chi connectivity index (χ2n) is 5.61. The van der Waals surface area contributed by atoms with Crippen molar-refractivity contribution < 1.29 is 0 Å². The number of aromatic nitrogens is 2. The average Bonchev–Trinajstić information content (AvgIpc) is 2.56. The zero-order valence-corrected chi connectivity index (χ0v) is 11.9. The smallest absolute Gasteiger partial charge is 0.145 e. The monoisotopic (exact) mass is 278 g/mol. The van der Waals surface area contributed by atoms with Gasteiger partial charge in [0.15, 0.2) is 0 Å². The van der Waals surface area contributed by atoms with Gasteiger partial charge in [-0.15, -0.1) is 0 Å². The Bertz CT molecular complexity index is 667. The molecule has 0 atom stereocenters. The predicted molar refractivity (Wildman–Crippen MR) is 81.5 cm³/mol. The Hall–Kier alpha value is -2.41. The van der Waals surface area contributed by atoms with Crippen molar-refractivity contribution >= 4 is 5.82 Å². The number of hydrogen-bond donors (Lipinski definition) is 1. The summed E-state index contributed by atoms with van der Waals surface area (Å²) in [5.41, 5.74) is 7.33. The summed E-state index contributed by atoms with van der Waals surface area (Å²) in [7, 11) is 0. The molecule has 0 spiro atoms. The molecule has 1 fully saturated rings. The summed E-state index contributed by atoms with van der Waals surface area (Å²) in [6.45, 7) is 0. The van der Waals surface area contributed by atoms with Crippen LogP contribution in [0.5, 0.6) is 0 Å². The minimum absolute atomic E-state index is 0.165. The molecular weight excluding hydrogens is 260 g/mol. The quantitative estimate of drug-likeness (QED) is 0.915. The molecule has 2 N–H and O–H groups in total. The van der Waals surface area contributed by atoms with E-state index in [0.717, 1.165) is 31.5 Å². The van der Waals surface area contributed by atoms with Gasteiger partial charge in [0.25, 0.3) is 0 Å². The molecule has 0 aliphatic heterocycles. The van der Waals surface area contributed by atoms with Gasteiger partial charge in [0.2, 0.25) is 0 Å². The van der Waals surface area contributed by atoms with E-state index < -0.39 is 0 Å². The van der Waals surface area contributed by atoms with Crippen LogP contribution in [0.15, 0.2) is 36.5 Å². The number of nitrogen functional groups attached to an aromatic ring is 1. The van der Waals surface area contributed by atoms with Crippen molar-refractivity contribution in [2.45, 2.75) is 37.5 Å². The summed E-state index contributed by atoms with van der Waals surface area (Å²) in [6.07, 6.45) is 7.19. The van der Waals surface area contributed by atoms with Crippen molar-refractivity contribution in [3.8, 4) is 6.07 Å². The van der Waals surface area contributed by atoms with Crippen molar-refractivity contribution in [3.05, 3.63) is 53.5 Å². The molecule has 4 nitrogen and oxygen atoms in total. The third-order valence-electron chi connectivity index (χ3n) is 4.40. The molecule has 1 aromatic carbocycles. The molecule has 0 radical (unpaired) electrons. The van der Waals surface area contributed by atoms with E-state index in [2.05, 4.69) is 34.2 Å². The number of nitrogens with two attached hydrogens (primary N) is 1. The molecule has 21 heavy (non-hydrogen) atoms. The van der Waals surface area contributed by atoms with Crippen LogP contribution in [0.4, 0.5) is 5.82 Å². The van der Waals surface area contributed by atoms with Crippen molar-refractivity contribution in [2.75, 3.05) is 5.73 Å². The topological polar surface area (TPSA) is 75.6 Å². The molecule has 2 aromatic rings. The van der Waals surface area contributed by atoms with E-state index in [1.165, 1.54) is 12.0 Å². The Labute approximate surface area is 124 Å². The highest BCUT2D eigenvalue weighted by Crippen LogP contribution is 2.43. The first kappa shape index (κ1) is 13.6. The van der Waals surface area contributed by atoms with Gasteiger partial charge in [-0.3, -0.25) is 0 Å². The van der Waals surface area contributed by atoms with Crippen LogP contribution in [0.2, 0.25) is 0 Å². The molecular formula is C17H18N4. The number of anilines is 1. The zero-order chi connectivity index (χ0) is 14.7. The first-order valence-electron chi connectivity index (χ1n) is 7.35. The largest absolute Gasteiger partial charge is 0.382 e. The number of nitriles is 1. The van der Waals surface area contributed by atoms with Crippen molar-refractivity contribution in [3.63, 3.8) is 0 Å². The van der Waals surface area contributed by atoms with Gasteiger partial charge in [-0.05, 0) is 18.4 Å². The lowest BCUT2D eigenvalue weighted by atomic mass is 9.68. The molecule has 0 unspecified atom stereocenters. The third kappa shape index (κ3) is 2.36. The number of benzene rings is 1. The first-order valence-corrected chi connectivity index (χ1v) is 7.35. The molecule has 1 aromatic heterocycles. The lowest BCUT2D eigenvalue weighted by Crippen LogP contribution is -2.33. The minimum Gasteiger partial charge on any atom is -0.382 e. The maximum absolute atomic E-state index is 8.99. The van der Waals surface area contributed by atoms with Gasteiger partial charge in [-0.2, -0.15) is 5.26 Å². The number of hydrogen-bond acceptors (Lipinski definition) is 4. The molecule has 0 saturated heterocycles. The summed E-state index contributed by atoms with van der Waals surface area (Å²) in [6, 6.07) is 12.4. The van der Waals surface area contributed by atoms with Gasteiger partial charge in [0.1, 0.15) is 23.3 Å². The Balaban J connectivity index is 2.12. The standard InChI is InChI=1S/C17H18N4/c18-11-13-12-20-16(21-15(13)19)17(9-5-2-6-10-17)14-7-3-1-4-8-14/h1,3-4,7-8,12H,2,5-6,9-10H2,(H2,19,20,21). The maximum Gasteiger partial charge on any atom is 0.145 e. The Morgan fingerprint density at radius 3 is 2.43 bits per heavy atom. The average molecular weight is 278 g/mol. The van der Waals surface area contributed by atoms with Crippen LogP contribution >= 0.6 is 0 Å². The van der Waals surface area contributed by atoms with Gasteiger partial charge in [-0.1, -0.05) is 49.6 Å². The van der Waals surface area contributed by atoms with Crippen molar-refractivity contribution in [2.24, 2.45) is 0 Å². The van der Waals surface area contributed by atoms with E-state index in [1.54, 1.807) is 6.20 Å². The minimum atomic E-state index is -0.165. The van der Waals surface area contributed by atoms with Gasteiger partial charge in [0.05, 0.1) is 11.6 Å². The van der Waals surface area contributed by atoms with E-state index in [0.29, 0.717) is 5.56 Å². The molecule has 0 amide bonds. The summed E-state index contributed by atoms with van der Waals surface area (Å²) in [4.78, 5) is 8.93. The fourth-order valence-electron chi connectivity index (χ4n) is 3.27.